The lowest BCUT2D eigenvalue weighted by atomic mass is 9.71. The van der Waals surface area contributed by atoms with Gasteiger partial charge in [0, 0.05) is 129 Å². The number of nitrogens with one attached hydrogen (secondary N) is 1. The molecule has 4 aliphatic rings. The van der Waals surface area contributed by atoms with Gasteiger partial charge >= 0.3 is 16.9 Å². The number of nitrogens with zero attached hydrogens (tertiary/aromatic N) is 6. The molecule has 0 radical (unpaired) electrons. The van der Waals surface area contributed by atoms with Crippen molar-refractivity contribution >= 4 is 81.0 Å². The van der Waals surface area contributed by atoms with E-state index in [0.29, 0.717) is 38.3 Å². The minimum atomic E-state index is -2.40. The molecule has 3 heterocycles. The second-order valence-electron chi connectivity index (χ2n) is 19.1. The van der Waals surface area contributed by atoms with Crippen molar-refractivity contribution in [2.24, 2.45) is 5.41 Å². The zero-order valence-electron chi connectivity index (χ0n) is 39.9. The number of aldehydes is 1. The van der Waals surface area contributed by atoms with Crippen LogP contribution in [0, 0.1) is 10.3 Å². The first kappa shape index (κ1) is 51.9. The van der Waals surface area contributed by atoms with Crippen LogP contribution in [-0.4, -0.2) is 162 Å². The van der Waals surface area contributed by atoms with Gasteiger partial charge in [-0.05, 0) is 109 Å². The van der Waals surface area contributed by atoms with Crippen LogP contribution < -0.4 is 10.2 Å². The van der Waals surface area contributed by atoms with Crippen molar-refractivity contribution in [1.82, 2.24) is 19.6 Å². The third-order valence-electron chi connectivity index (χ3n) is 14.1. The number of carbonyl (C=O) groups is 3. The van der Waals surface area contributed by atoms with Crippen molar-refractivity contribution in [3.63, 3.8) is 0 Å². The first-order valence-electron chi connectivity index (χ1n) is 24.3. The fourth-order valence-electron chi connectivity index (χ4n) is 10.1. The Bertz CT molecular complexity index is 2500. The molecule has 0 aromatic heterocycles. The number of halogens is 2. The number of thioether (sulfide) groups is 1. The fraction of sp³-hybridized carbons (Fsp3) is 0.453. The van der Waals surface area contributed by atoms with Gasteiger partial charge < -0.3 is 19.9 Å². The number of benzene rings is 4. The SMILES string of the molecule is CC1(CN2CCN(C(=O)CCl)CC2)CCC(c2ccc(Cl)cc2)=C(CN2CCN(c3ccc(C(=O)[N+](=O)S(=O)c4ccc(NC(CCN5CCOCC5)CSc5ccccc5)c(C=O)c4)cc3)CC2)C1. The van der Waals surface area contributed by atoms with E-state index in [1.165, 1.54) is 28.8 Å². The van der Waals surface area contributed by atoms with Gasteiger partial charge in [-0.3, -0.25) is 24.3 Å². The quantitative estimate of drug-likeness (QED) is 0.0421. The van der Waals surface area contributed by atoms with Crippen molar-refractivity contribution in [2.45, 2.75) is 48.4 Å². The summed E-state index contributed by atoms with van der Waals surface area (Å²) in [5.41, 5.74) is 6.13. The van der Waals surface area contributed by atoms with E-state index in [9.17, 15) is 23.5 Å². The number of alkyl halides is 1. The molecule has 1 aliphatic carbocycles. The number of morpholine rings is 1. The predicted octanol–water partition coefficient (Wildman–Crippen LogP) is 8.24. The largest absolute Gasteiger partial charge is 0.483 e. The fourth-order valence-corrected chi connectivity index (χ4v) is 12.2. The van der Waals surface area contributed by atoms with Gasteiger partial charge in [-0.2, -0.15) is 4.21 Å². The molecule has 3 atom stereocenters. The van der Waals surface area contributed by atoms with Crippen LogP contribution in [0.25, 0.3) is 5.57 Å². The summed E-state index contributed by atoms with van der Waals surface area (Å²) in [5, 5.41) is 4.27. The molecule has 4 aromatic carbocycles. The number of hydrogen-bond donors (Lipinski definition) is 1. The van der Waals surface area contributed by atoms with Crippen molar-refractivity contribution in [3.8, 4) is 0 Å². The predicted molar refractivity (Wildman–Crippen MR) is 282 cm³/mol. The van der Waals surface area contributed by atoms with Gasteiger partial charge in [-0.25, -0.2) is 4.79 Å². The van der Waals surface area contributed by atoms with Crippen LogP contribution in [0.4, 0.5) is 11.4 Å². The number of nitroso groups, excluding NO2 is 1. The summed E-state index contributed by atoms with van der Waals surface area (Å²) in [6, 6.07) is 29.9. The third kappa shape index (κ3) is 13.7. The maximum absolute atomic E-state index is 13.6. The van der Waals surface area contributed by atoms with Crippen LogP contribution in [0.15, 0.2) is 112 Å². The molecule has 4 aromatic rings. The Hall–Kier alpha value is -4.45. The van der Waals surface area contributed by atoms with Crippen LogP contribution in [0.1, 0.15) is 58.9 Å². The molecule has 3 aliphatic heterocycles. The minimum absolute atomic E-state index is 0.00702. The molecule has 0 bridgehead atoms. The van der Waals surface area contributed by atoms with Crippen LogP contribution in [0.3, 0.4) is 0 Å². The van der Waals surface area contributed by atoms with Crippen LogP contribution in [0.2, 0.25) is 5.02 Å². The molecule has 8 rings (SSSR count). The second kappa shape index (κ2) is 24.8. The maximum atomic E-state index is 13.6. The first-order chi connectivity index (χ1) is 34.0. The number of allylic oxidation sites excluding steroid dienone is 1. The van der Waals surface area contributed by atoms with Gasteiger partial charge in [-0.1, -0.05) is 54.4 Å². The van der Waals surface area contributed by atoms with Crippen molar-refractivity contribution in [3.05, 3.63) is 129 Å². The smallest absolute Gasteiger partial charge is 0.381 e. The third-order valence-corrected chi connectivity index (χ3v) is 16.8. The van der Waals surface area contributed by atoms with Crippen LogP contribution in [0.5, 0.6) is 0 Å². The maximum Gasteiger partial charge on any atom is 0.483 e. The van der Waals surface area contributed by atoms with Crippen molar-refractivity contribution in [2.75, 3.05) is 120 Å². The lowest BCUT2D eigenvalue weighted by molar-refractivity contribution is -0.275. The van der Waals surface area contributed by atoms with Gasteiger partial charge in [-0.15, -0.1) is 23.4 Å². The molecule has 372 valence electrons. The van der Waals surface area contributed by atoms with Crippen LogP contribution >= 0.6 is 35.0 Å². The van der Waals surface area contributed by atoms with E-state index in [-0.39, 0.29) is 43.4 Å². The van der Waals surface area contributed by atoms with Gasteiger partial charge in [0.25, 0.3) is 0 Å². The number of rotatable bonds is 19. The molecule has 2 amide bonds. The Morgan fingerprint density at radius 1 is 0.871 bits per heavy atom. The zero-order chi connectivity index (χ0) is 49.0. The zero-order valence-corrected chi connectivity index (χ0v) is 43.1. The molecule has 0 spiro atoms. The Kier molecular flexibility index (Phi) is 18.4. The summed E-state index contributed by atoms with van der Waals surface area (Å²) in [6.45, 7) is 14.8. The first-order valence-corrected chi connectivity index (χ1v) is 27.4. The Labute approximate surface area is 429 Å². The molecule has 3 unspecified atom stereocenters. The van der Waals surface area contributed by atoms with Crippen LogP contribution in [-0.2, 0) is 20.5 Å². The average Bonchev–Trinajstić information content (AvgIpc) is 3.40. The van der Waals surface area contributed by atoms with E-state index in [2.05, 4.69) is 56.1 Å². The molecular formula is C53H64Cl2N7O6S2+. The molecular weight excluding hydrogens is 966 g/mol. The number of carbonyl (C=O) groups excluding carboxylic acids is 3. The summed E-state index contributed by atoms with van der Waals surface area (Å²) in [4.78, 5) is 64.2. The van der Waals surface area contributed by atoms with E-state index < -0.39 is 16.9 Å². The minimum Gasteiger partial charge on any atom is -0.381 e. The summed E-state index contributed by atoms with van der Waals surface area (Å²) >= 11 is 13.9. The molecule has 3 saturated heterocycles. The van der Waals surface area contributed by atoms with E-state index in [4.69, 9.17) is 27.9 Å². The summed E-state index contributed by atoms with van der Waals surface area (Å²) in [7, 11) is -2.40. The summed E-state index contributed by atoms with van der Waals surface area (Å²) in [6.07, 6.45) is 4.59. The van der Waals surface area contributed by atoms with Gasteiger partial charge in [0.05, 0.1) is 18.8 Å². The highest BCUT2D eigenvalue weighted by Gasteiger charge is 2.37. The lowest BCUT2D eigenvalue weighted by Gasteiger charge is -2.44. The van der Waals surface area contributed by atoms with Crippen molar-refractivity contribution < 1.29 is 27.5 Å². The Morgan fingerprint density at radius 3 is 2.26 bits per heavy atom. The highest BCUT2D eigenvalue weighted by atomic mass is 35.5. The lowest BCUT2D eigenvalue weighted by Crippen LogP contribution is -2.52. The van der Waals surface area contributed by atoms with E-state index >= 15 is 0 Å². The highest BCUT2D eigenvalue weighted by molar-refractivity contribution is 7.99. The molecule has 17 heteroatoms. The monoisotopic (exact) mass is 1030 g/mol. The van der Waals surface area contributed by atoms with Gasteiger partial charge in [0.2, 0.25) is 5.91 Å². The number of piperazine rings is 2. The standard InChI is InChI=1S/C53H63Cl2N7O6S2/c1-53(39-59-23-27-61(28-24-59)51(64)35-54)19-17-49(40-7-11-44(55)12-8-40)43(34-53)36-58-21-25-60(26-22-58)46-13-9-41(10-14-46)52(65)62(66)70(67)48-15-16-50(42(33-48)37-63)56-45(18-20-57-29-31-68-32-30-57)38-69-47-5-3-2-4-6-47/h2-16,33,37,45H,17-32,34-36,38-39H2,1H3/p+1. The number of anilines is 2. The molecule has 0 saturated carbocycles. The molecule has 13 nitrogen and oxygen atoms in total. The molecule has 1 N–H and O–H groups in total. The second-order valence-corrected chi connectivity index (χ2v) is 22.2. The van der Waals surface area contributed by atoms with Gasteiger partial charge in [0.15, 0.2) is 10.5 Å². The summed E-state index contributed by atoms with van der Waals surface area (Å²) < 4.78 is 19.1. The van der Waals surface area contributed by atoms with Gasteiger partial charge in [0.1, 0.15) is 10.8 Å². The van der Waals surface area contributed by atoms with Crippen molar-refractivity contribution in [1.29, 1.82) is 0 Å². The van der Waals surface area contributed by atoms with E-state index in [1.54, 1.807) is 30.0 Å². The van der Waals surface area contributed by atoms with E-state index in [0.717, 1.165) is 119 Å². The highest BCUT2D eigenvalue weighted by Crippen LogP contribution is 2.44. The summed E-state index contributed by atoms with van der Waals surface area (Å²) in [5.74, 6) is -0.125. The molecule has 3 fully saturated rings. The number of hydrogen-bond acceptors (Lipinski definition) is 12. The normalized spacial score (nSPS) is 20.5. The molecule has 70 heavy (non-hydrogen) atoms. The Balaban J connectivity index is 0.861. The topological polar surface area (TPSA) is 126 Å². The number of amides is 2. The number of ether oxygens (including phenoxy) is 1. The average molecular weight is 1030 g/mol. The van der Waals surface area contributed by atoms with E-state index in [1.807, 2.05) is 47.4 Å². The Morgan fingerprint density at radius 2 is 1.57 bits per heavy atom.